The third-order valence-electron chi connectivity index (χ3n) is 4.04. The molecule has 0 fully saturated rings. The normalized spacial score (nSPS) is 14.0. The van der Waals surface area contributed by atoms with Gasteiger partial charge in [-0.3, -0.25) is 0 Å². The highest BCUT2D eigenvalue weighted by Crippen LogP contribution is 2.23. The zero-order chi connectivity index (χ0) is 14.5. The third kappa shape index (κ3) is 3.45. The number of rotatable bonds is 5. The molecule has 0 aliphatic carbocycles. The molecule has 1 nitrogen and oxygen atoms in total. The van der Waals surface area contributed by atoms with Gasteiger partial charge < -0.3 is 5.32 Å². The van der Waals surface area contributed by atoms with Crippen molar-refractivity contribution in [3.05, 3.63) is 71.0 Å². The van der Waals surface area contributed by atoms with Crippen LogP contribution in [0.15, 0.2) is 48.5 Å². The van der Waals surface area contributed by atoms with Gasteiger partial charge in [-0.1, -0.05) is 43.3 Å². The number of nitrogens with one attached hydrogen (secondary N) is 1. The minimum atomic E-state index is -0.164. The van der Waals surface area contributed by atoms with Gasteiger partial charge >= 0.3 is 0 Å². The highest BCUT2D eigenvalue weighted by molar-refractivity contribution is 5.29. The highest BCUT2D eigenvalue weighted by atomic mass is 19.1. The molecule has 0 saturated heterocycles. The minimum Gasteiger partial charge on any atom is -0.316 e. The second-order valence-corrected chi connectivity index (χ2v) is 5.37. The van der Waals surface area contributed by atoms with E-state index in [0.29, 0.717) is 12.0 Å². The van der Waals surface area contributed by atoms with E-state index in [1.807, 2.05) is 26.1 Å². The fourth-order valence-corrected chi connectivity index (χ4v) is 2.64. The van der Waals surface area contributed by atoms with Gasteiger partial charge in [0, 0.05) is 6.04 Å². The van der Waals surface area contributed by atoms with Crippen molar-refractivity contribution in [2.75, 3.05) is 7.05 Å². The van der Waals surface area contributed by atoms with Gasteiger partial charge in [-0.2, -0.15) is 0 Å². The van der Waals surface area contributed by atoms with Gasteiger partial charge in [-0.15, -0.1) is 0 Å². The lowest BCUT2D eigenvalue weighted by atomic mass is 9.88. The maximum absolute atomic E-state index is 13.2. The highest BCUT2D eigenvalue weighted by Gasteiger charge is 2.18. The Balaban J connectivity index is 2.16. The van der Waals surface area contributed by atoms with E-state index in [9.17, 15) is 4.39 Å². The largest absolute Gasteiger partial charge is 0.316 e. The number of aryl methyl sites for hydroxylation is 1. The molecule has 1 N–H and O–H groups in total. The second-order valence-electron chi connectivity index (χ2n) is 5.37. The van der Waals surface area contributed by atoms with Crippen LogP contribution in [0, 0.1) is 12.7 Å². The quantitative estimate of drug-likeness (QED) is 0.864. The number of halogens is 1. The monoisotopic (exact) mass is 271 g/mol. The van der Waals surface area contributed by atoms with Crippen LogP contribution in [0.3, 0.4) is 0 Å². The zero-order valence-corrected chi connectivity index (χ0v) is 12.4. The van der Waals surface area contributed by atoms with E-state index < -0.39 is 0 Å². The van der Waals surface area contributed by atoms with Gasteiger partial charge in [0.1, 0.15) is 5.82 Å². The molecule has 2 rings (SSSR count). The van der Waals surface area contributed by atoms with Gasteiger partial charge in [-0.25, -0.2) is 4.39 Å². The van der Waals surface area contributed by atoms with Gasteiger partial charge in [-0.05, 0) is 55.1 Å². The van der Waals surface area contributed by atoms with Crippen LogP contribution < -0.4 is 5.32 Å². The summed E-state index contributed by atoms with van der Waals surface area (Å²) in [5, 5.41) is 3.40. The topological polar surface area (TPSA) is 12.0 Å². The molecule has 0 radical (unpaired) electrons. The predicted octanol–water partition coefficient (Wildman–Crippen LogP) is 4.07. The molecule has 0 aromatic heterocycles. The molecule has 2 unspecified atom stereocenters. The van der Waals surface area contributed by atoms with Crippen molar-refractivity contribution in [2.24, 2.45) is 0 Å². The molecule has 2 aromatic carbocycles. The zero-order valence-electron chi connectivity index (χ0n) is 12.4. The van der Waals surface area contributed by atoms with Crippen molar-refractivity contribution >= 4 is 0 Å². The third-order valence-corrected chi connectivity index (χ3v) is 4.04. The predicted molar refractivity (Wildman–Crippen MR) is 82.5 cm³/mol. The molecule has 2 atom stereocenters. The molecule has 0 heterocycles. The molecule has 0 amide bonds. The lowest BCUT2D eigenvalue weighted by Gasteiger charge is -2.25. The first-order valence-electron chi connectivity index (χ1n) is 7.09. The molecule has 0 spiro atoms. The molecule has 0 aliphatic rings. The summed E-state index contributed by atoms with van der Waals surface area (Å²) >= 11 is 0. The Morgan fingerprint density at radius 1 is 1.10 bits per heavy atom. The standard InChI is InChI=1S/C18H22FN/c1-13-11-17(19)10-9-16(13)12-18(20-3)14(2)15-7-5-4-6-8-15/h4-11,14,18,20H,12H2,1-3H3. The Kier molecular flexibility index (Phi) is 4.91. The van der Waals surface area contributed by atoms with E-state index >= 15 is 0 Å². The molecule has 2 heteroatoms. The summed E-state index contributed by atoms with van der Waals surface area (Å²) in [6, 6.07) is 15.9. The fourth-order valence-electron chi connectivity index (χ4n) is 2.64. The number of hydrogen-bond acceptors (Lipinski definition) is 1. The molecule has 0 saturated carbocycles. The summed E-state index contributed by atoms with van der Waals surface area (Å²) < 4.78 is 13.2. The molecule has 0 bridgehead atoms. The van der Waals surface area contributed by atoms with Crippen molar-refractivity contribution in [1.82, 2.24) is 5.32 Å². The summed E-state index contributed by atoms with van der Waals surface area (Å²) in [6.45, 7) is 4.20. The first kappa shape index (κ1) is 14.7. The van der Waals surface area contributed by atoms with Crippen LogP contribution in [-0.4, -0.2) is 13.1 Å². The number of likely N-dealkylation sites (N-methyl/N-ethyl adjacent to an activating group) is 1. The summed E-state index contributed by atoms with van der Waals surface area (Å²) in [5.74, 6) is 0.244. The molecular weight excluding hydrogens is 249 g/mol. The van der Waals surface area contributed by atoms with Crippen LogP contribution in [0.5, 0.6) is 0 Å². The van der Waals surface area contributed by atoms with E-state index in [0.717, 1.165) is 12.0 Å². The van der Waals surface area contributed by atoms with E-state index in [-0.39, 0.29) is 5.82 Å². The van der Waals surface area contributed by atoms with Crippen LogP contribution >= 0.6 is 0 Å². The molecule has 0 aliphatic heterocycles. The Morgan fingerprint density at radius 2 is 1.80 bits per heavy atom. The van der Waals surface area contributed by atoms with Crippen molar-refractivity contribution < 1.29 is 4.39 Å². The van der Waals surface area contributed by atoms with E-state index in [2.05, 4.69) is 36.5 Å². The fraction of sp³-hybridized carbons (Fsp3) is 0.333. The summed E-state index contributed by atoms with van der Waals surface area (Å²) in [5.41, 5.74) is 3.55. The smallest absolute Gasteiger partial charge is 0.123 e. The van der Waals surface area contributed by atoms with E-state index in [1.54, 1.807) is 12.1 Å². The Bertz CT molecular complexity index is 551. The van der Waals surface area contributed by atoms with E-state index in [1.165, 1.54) is 11.1 Å². The Hall–Kier alpha value is -1.67. The van der Waals surface area contributed by atoms with Crippen LogP contribution in [0.4, 0.5) is 4.39 Å². The molecular formula is C18H22FN. The number of benzene rings is 2. The maximum atomic E-state index is 13.2. The number of hydrogen-bond donors (Lipinski definition) is 1. The minimum absolute atomic E-state index is 0.164. The van der Waals surface area contributed by atoms with Crippen LogP contribution in [0.2, 0.25) is 0 Å². The van der Waals surface area contributed by atoms with E-state index in [4.69, 9.17) is 0 Å². The average molecular weight is 271 g/mol. The molecule has 20 heavy (non-hydrogen) atoms. The molecule has 106 valence electrons. The van der Waals surface area contributed by atoms with Gasteiger partial charge in [0.25, 0.3) is 0 Å². The van der Waals surface area contributed by atoms with Crippen molar-refractivity contribution in [1.29, 1.82) is 0 Å². The summed E-state index contributed by atoms with van der Waals surface area (Å²) in [6.07, 6.45) is 0.901. The van der Waals surface area contributed by atoms with Crippen molar-refractivity contribution in [3.8, 4) is 0 Å². The molecule has 2 aromatic rings. The lowest BCUT2D eigenvalue weighted by molar-refractivity contribution is 0.482. The van der Waals surface area contributed by atoms with Crippen molar-refractivity contribution in [3.63, 3.8) is 0 Å². The van der Waals surface area contributed by atoms with Crippen molar-refractivity contribution in [2.45, 2.75) is 32.2 Å². The SMILES string of the molecule is CNC(Cc1ccc(F)cc1C)C(C)c1ccccc1. The lowest BCUT2D eigenvalue weighted by Crippen LogP contribution is -2.33. The summed E-state index contributed by atoms with van der Waals surface area (Å²) in [7, 11) is 1.99. The van der Waals surface area contributed by atoms with Crippen LogP contribution in [0.1, 0.15) is 29.5 Å². The average Bonchev–Trinajstić information content (AvgIpc) is 2.47. The van der Waals surface area contributed by atoms with Gasteiger partial charge in [0.15, 0.2) is 0 Å². The Labute approximate surface area is 120 Å². The van der Waals surface area contributed by atoms with Crippen LogP contribution in [0.25, 0.3) is 0 Å². The first-order valence-corrected chi connectivity index (χ1v) is 7.09. The van der Waals surface area contributed by atoms with Crippen LogP contribution in [-0.2, 0) is 6.42 Å². The van der Waals surface area contributed by atoms with Gasteiger partial charge in [0.2, 0.25) is 0 Å². The Morgan fingerprint density at radius 3 is 2.40 bits per heavy atom. The second kappa shape index (κ2) is 6.67. The van der Waals surface area contributed by atoms with Gasteiger partial charge in [0.05, 0.1) is 0 Å². The maximum Gasteiger partial charge on any atom is 0.123 e. The summed E-state index contributed by atoms with van der Waals surface area (Å²) in [4.78, 5) is 0. The first-order chi connectivity index (χ1) is 9.61.